The number of hydrogen-bond donors (Lipinski definition) is 1. The molecule has 1 aromatic heterocycles. The molecule has 0 saturated heterocycles. The number of carbonyl (C=O) groups excluding carboxylic acids is 1. The minimum Gasteiger partial charge on any atom is -0.497 e. The second kappa shape index (κ2) is 8.18. The molecule has 1 heterocycles. The fraction of sp³-hybridized carbons (Fsp3) is 0.200. The lowest BCUT2D eigenvalue weighted by atomic mass is 10.1. The molecule has 0 radical (unpaired) electrons. The number of amides is 1. The van der Waals surface area contributed by atoms with Crippen LogP contribution < -0.4 is 14.8 Å². The molecule has 0 saturated carbocycles. The highest BCUT2D eigenvalue weighted by Crippen LogP contribution is 2.26. The van der Waals surface area contributed by atoms with Crippen molar-refractivity contribution in [2.45, 2.75) is 13.0 Å². The Hall–Kier alpha value is -2.93. The predicted molar refractivity (Wildman–Crippen MR) is 103 cm³/mol. The number of aromatic nitrogens is 1. The van der Waals surface area contributed by atoms with E-state index in [0.717, 1.165) is 16.3 Å². The summed E-state index contributed by atoms with van der Waals surface area (Å²) >= 11 is 1.39. The van der Waals surface area contributed by atoms with Crippen LogP contribution in [-0.4, -0.2) is 25.1 Å². The third kappa shape index (κ3) is 4.25. The first-order chi connectivity index (χ1) is 13.0. The van der Waals surface area contributed by atoms with Crippen LogP contribution in [0.25, 0.3) is 10.6 Å². The van der Waals surface area contributed by atoms with Gasteiger partial charge in [0.1, 0.15) is 16.5 Å². The van der Waals surface area contributed by atoms with Crippen molar-refractivity contribution in [1.82, 2.24) is 10.3 Å². The van der Waals surface area contributed by atoms with Crippen LogP contribution in [0.15, 0.2) is 47.8 Å². The molecule has 0 aliphatic heterocycles. The van der Waals surface area contributed by atoms with E-state index in [1.165, 1.54) is 30.6 Å². The molecule has 3 aromatic rings. The molecule has 0 spiro atoms. The molecular weight excluding hydrogens is 367 g/mol. The molecule has 3 rings (SSSR count). The molecule has 2 aromatic carbocycles. The van der Waals surface area contributed by atoms with Crippen molar-refractivity contribution in [3.05, 3.63) is 64.9 Å². The molecule has 0 aliphatic rings. The molecule has 0 aliphatic carbocycles. The third-order valence-corrected chi connectivity index (χ3v) is 4.99. The summed E-state index contributed by atoms with van der Waals surface area (Å²) in [7, 11) is 3.02. The summed E-state index contributed by atoms with van der Waals surface area (Å²) in [6.45, 7) is 1.79. The fourth-order valence-electron chi connectivity index (χ4n) is 2.55. The first-order valence-corrected chi connectivity index (χ1v) is 9.14. The Morgan fingerprint density at radius 2 is 1.89 bits per heavy atom. The Kier molecular flexibility index (Phi) is 5.71. The first kappa shape index (κ1) is 18.8. The van der Waals surface area contributed by atoms with Crippen molar-refractivity contribution in [2.24, 2.45) is 0 Å². The highest BCUT2D eigenvalue weighted by atomic mass is 32.1. The van der Waals surface area contributed by atoms with E-state index in [-0.39, 0.29) is 17.7 Å². The summed E-state index contributed by atoms with van der Waals surface area (Å²) in [5.41, 5.74) is 1.88. The van der Waals surface area contributed by atoms with E-state index in [1.54, 1.807) is 25.5 Å². The molecule has 0 bridgehead atoms. The number of nitrogens with one attached hydrogen (secondary N) is 1. The number of benzene rings is 2. The quantitative estimate of drug-likeness (QED) is 0.680. The Morgan fingerprint density at radius 1 is 1.15 bits per heavy atom. The molecular formula is C20H19FN2O3S. The van der Waals surface area contributed by atoms with Crippen LogP contribution in [0.5, 0.6) is 11.5 Å². The van der Waals surface area contributed by atoms with E-state index in [9.17, 15) is 9.18 Å². The average Bonchev–Trinajstić information content (AvgIpc) is 3.18. The highest BCUT2D eigenvalue weighted by Gasteiger charge is 2.16. The molecule has 1 amide bonds. The van der Waals surface area contributed by atoms with E-state index in [0.29, 0.717) is 11.3 Å². The lowest BCUT2D eigenvalue weighted by Crippen LogP contribution is -2.27. The number of methoxy groups -OCH3 is 2. The number of thiazole rings is 1. The fourth-order valence-corrected chi connectivity index (χ4v) is 3.36. The summed E-state index contributed by atoms with van der Waals surface area (Å²) in [6, 6.07) is 11.7. The zero-order valence-electron chi connectivity index (χ0n) is 15.2. The van der Waals surface area contributed by atoms with Crippen LogP contribution >= 0.6 is 11.3 Å². The van der Waals surface area contributed by atoms with Crippen molar-refractivity contribution in [3.8, 4) is 22.1 Å². The van der Waals surface area contributed by atoms with Gasteiger partial charge in [-0.3, -0.25) is 4.79 Å². The van der Waals surface area contributed by atoms with Crippen LogP contribution in [0.2, 0.25) is 0 Å². The maximum atomic E-state index is 13.9. The van der Waals surface area contributed by atoms with E-state index in [2.05, 4.69) is 10.3 Å². The van der Waals surface area contributed by atoms with Crippen LogP contribution in [0.1, 0.15) is 29.0 Å². The molecule has 1 N–H and O–H groups in total. The smallest absolute Gasteiger partial charge is 0.271 e. The maximum absolute atomic E-state index is 13.9. The van der Waals surface area contributed by atoms with Crippen molar-refractivity contribution < 1.29 is 18.7 Å². The largest absolute Gasteiger partial charge is 0.497 e. The SMILES string of the molecule is COc1ccc(-c2nc(C(=O)N[C@@H](C)c3ccc(OC)c(F)c3)cs2)cc1. The van der Waals surface area contributed by atoms with Gasteiger partial charge in [0.15, 0.2) is 11.6 Å². The Bertz CT molecular complexity index is 941. The van der Waals surface area contributed by atoms with Gasteiger partial charge in [-0.1, -0.05) is 6.07 Å². The van der Waals surface area contributed by atoms with Crippen molar-refractivity contribution >= 4 is 17.2 Å². The van der Waals surface area contributed by atoms with Gasteiger partial charge in [0.25, 0.3) is 5.91 Å². The predicted octanol–water partition coefficient (Wildman–Crippen LogP) is 4.46. The van der Waals surface area contributed by atoms with Gasteiger partial charge >= 0.3 is 0 Å². The highest BCUT2D eigenvalue weighted by molar-refractivity contribution is 7.13. The monoisotopic (exact) mass is 386 g/mol. The maximum Gasteiger partial charge on any atom is 0.271 e. The second-order valence-corrected chi connectivity index (χ2v) is 6.71. The van der Waals surface area contributed by atoms with Crippen LogP contribution in [0.4, 0.5) is 4.39 Å². The minimum absolute atomic E-state index is 0.168. The third-order valence-electron chi connectivity index (χ3n) is 4.10. The molecule has 1 atom stereocenters. The zero-order chi connectivity index (χ0) is 19.4. The van der Waals surface area contributed by atoms with Crippen molar-refractivity contribution in [1.29, 1.82) is 0 Å². The number of nitrogens with zero attached hydrogens (tertiary/aromatic N) is 1. The molecule has 140 valence electrons. The van der Waals surface area contributed by atoms with Gasteiger partial charge in [-0.15, -0.1) is 11.3 Å². The van der Waals surface area contributed by atoms with Gasteiger partial charge < -0.3 is 14.8 Å². The van der Waals surface area contributed by atoms with Crippen LogP contribution in [0, 0.1) is 5.82 Å². The Balaban J connectivity index is 1.70. The van der Waals surface area contributed by atoms with E-state index in [4.69, 9.17) is 9.47 Å². The lowest BCUT2D eigenvalue weighted by Gasteiger charge is -2.14. The van der Waals surface area contributed by atoms with Crippen molar-refractivity contribution in [3.63, 3.8) is 0 Å². The number of carbonyl (C=O) groups is 1. The van der Waals surface area contributed by atoms with Crippen LogP contribution in [-0.2, 0) is 0 Å². The Morgan fingerprint density at radius 3 is 2.52 bits per heavy atom. The van der Waals surface area contributed by atoms with Gasteiger partial charge in [-0.2, -0.15) is 0 Å². The Labute approximate surface area is 160 Å². The van der Waals surface area contributed by atoms with Gasteiger partial charge in [-0.05, 0) is 48.9 Å². The summed E-state index contributed by atoms with van der Waals surface area (Å²) in [4.78, 5) is 16.9. The van der Waals surface area contributed by atoms with Gasteiger partial charge in [-0.25, -0.2) is 9.37 Å². The number of rotatable bonds is 6. The molecule has 0 fully saturated rings. The first-order valence-electron chi connectivity index (χ1n) is 8.26. The molecule has 5 nitrogen and oxygen atoms in total. The van der Waals surface area contributed by atoms with Gasteiger partial charge in [0.2, 0.25) is 0 Å². The average molecular weight is 386 g/mol. The van der Waals surface area contributed by atoms with E-state index in [1.807, 2.05) is 24.3 Å². The number of ether oxygens (including phenoxy) is 2. The number of halogens is 1. The lowest BCUT2D eigenvalue weighted by molar-refractivity contribution is 0.0935. The topological polar surface area (TPSA) is 60.5 Å². The van der Waals surface area contributed by atoms with E-state index >= 15 is 0 Å². The molecule has 7 heteroatoms. The molecule has 0 unspecified atom stereocenters. The van der Waals surface area contributed by atoms with Gasteiger partial charge in [0.05, 0.1) is 20.3 Å². The summed E-state index contributed by atoms with van der Waals surface area (Å²) in [5.74, 6) is 0.149. The zero-order valence-corrected chi connectivity index (χ0v) is 16.0. The second-order valence-electron chi connectivity index (χ2n) is 5.86. The molecule has 27 heavy (non-hydrogen) atoms. The summed E-state index contributed by atoms with van der Waals surface area (Å²) in [5, 5.41) is 5.28. The standard InChI is InChI=1S/C20H19FN2O3S/c1-12(14-6-9-18(26-3)16(21)10-14)22-19(24)17-11-27-20(23-17)13-4-7-15(25-2)8-5-13/h4-12H,1-3H3,(H,22,24)/t12-/m0/s1. The normalized spacial score (nSPS) is 11.7. The van der Waals surface area contributed by atoms with Gasteiger partial charge in [0, 0.05) is 10.9 Å². The van der Waals surface area contributed by atoms with Crippen molar-refractivity contribution in [2.75, 3.05) is 14.2 Å². The number of hydrogen-bond acceptors (Lipinski definition) is 5. The summed E-state index contributed by atoms with van der Waals surface area (Å²) < 4.78 is 23.9. The van der Waals surface area contributed by atoms with Crippen LogP contribution in [0.3, 0.4) is 0 Å². The minimum atomic E-state index is -0.466. The summed E-state index contributed by atoms with van der Waals surface area (Å²) in [6.07, 6.45) is 0. The van der Waals surface area contributed by atoms with E-state index < -0.39 is 5.82 Å².